The van der Waals surface area contributed by atoms with Gasteiger partial charge in [-0.05, 0) is 30.8 Å². The number of rotatable bonds is 6. The molecule has 0 spiro atoms. The highest BCUT2D eigenvalue weighted by atomic mass is 32.2. The fourth-order valence-electron chi connectivity index (χ4n) is 2.14. The third-order valence-corrected chi connectivity index (χ3v) is 5.08. The van der Waals surface area contributed by atoms with Crippen molar-refractivity contribution in [2.24, 2.45) is 0 Å². The normalized spacial score (nSPS) is 12.9. The molecule has 112 valence electrons. The second-order valence-electron chi connectivity index (χ2n) is 4.71. The van der Waals surface area contributed by atoms with Crippen molar-refractivity contribution in [1.29, 1.82) is 0 Å². The predicted octanol–water partition coefficient (Wildman–Crippen LogP) is 2.43. The van der Waals surface area contributed by atoms with Crippen molar-refractivity contribution in [3.05, 3.63) is 60.2 Å². The van der Waals surface area contributed by atoms with Gasteiger partial charge in [0.1, 0.15) is 5.75 Å². The summed E-state index contributed by atoms with van der Waals surface area (Å²) in [4.78, 5) is 0.276. The standard InChI is InChI=1S/C16H19NO3S/c1-17-16(13-7-4-3-5-8-13)12-21(18,19)15-10-6-9-14(11-15)20-2/h3-11,16-17H,12H2,1-2H3. The topological polar surface area (TPSA) is 55.4 Å². The summed E-state index contributed by atoms with van der Waals surface area (Å²) >= 11 is 0. The van der Waals surface area contributed by atoms with Crippen molar-refractivity contribution in [2.75, 3.05) is 19.9 Å². The Labute approximate surface area is 125 Å². The van der Waals surface area contributed by atoms with Crippen molar-refractivity contribution in [1.82, 2.24) is 5.32 Å². The fourth-order valence-corrected chi connectivity index (χ4v) is 3.71. The SMILES string of the molecule is CNC(CS(=O)(=O)c1cccc(OC)c1)c1ccccc1. The van der Waals surface area contributed by atoms with E-state index in [-0.39, 0.29) is 16.7 Å². The Hall–Kier alpha value is -1.85. The van der Waals surface area contributed by atoms with Gasteiger partial charge < -0.3 is 10.1 Å². The Morgan fingerprint density at radius 3 is 2.43 bits per heavy atom. The van der Waals surface area contributed by atoms with E-state index in [4.69, 9.17) is 4.74 Å². The van der Waals surface area contributed by atoms with Crippen LogP contribution in [0.1, 0.15) is 11.6 Å². The quantitative estimate of drug-likeness (QED) is 0.890. The minimum absolute atomic E-state index is 0.000676. The van der Waals surface area contributed by atoms with Crippen molar-refractivity contribution in [2.45, 2.75) is 10.9 Å². The summed E-state index contributed by atoms with van der Waals surface area (Å²) in [6, 6.07) is 15.9. The molecule has 4 nitrogen and oxygen atoms in total. The molecule has 2 aromatic rings. The summed E-state index contributed by atoms with van der Waals surface area (Å²) in [7, 11) is -0.112. The predicted molar refractivity (Wildman–Crippen MR) is 83.3 cm³/mol. The van der Waals surface area contributed by atoms with Crippen LogP contribution in [0.3, 0.4) is 0 Å². The summed E-state index contributed by atoms with van der Waals surface area (Å²) in [5, 5.41) is 3.06. The molecular weight excluding hydrogens is 286 g/mol. The first-order valence-corrected chi connectivity index (χ1v) is 8.31. The number of hydrogen-bond acceptors (Lipinski definition) is 4. The second kappa shape index (κ2) is 6.74. The molecular formula is C16H19NO3S. The van der Waals surface area contributed by atoms with E-state index in [1.807, 2.05) is 30.3 Å². The average Bonchev–Trinajstić information content (AvgIpc) is 2.53. The summed E-state index contributed by atoms with van der Waals surface area (Å²) in [5.41, 5.74) is 0.950. The number of hydrogen-bond donors (Lipinski definition) is 1. The van der Waals surface area contributed by atoms with Crippen LogP contribution in [0.4, 0.5) is 0 Å². The zero-order valence-electron chi connectivity index (χ0n) is 12.1. The van der Waals surface area contributed by atoms with E-state index in [0.717, 1.165) is 5.56 Å². The van der Waals surface area contributed by atoms with Gasteiger partial charge in [0.2, 0.25) is 0 Å². The van der Waals surface area contributed by atoms with Crippen molar-refractivity contribution >= 4 is 9.84 Å². The molecule has 0 amide bonds. The molecule has 1 unspecified atom stereocenters. The lowest BCUT2D eigenvalue weighted by atomic mass is 10.1. The lowest BCUT2D eigenvalue weighted by molar-refractivity contribution is 0.413. The summed E-state index contributed by atoms with van der Waals surface area (Å²) in [6.45, 7) is 0. The van der Waals surface area contributed by atoms with Gasteiger partial charge in [-0.25, -0.2) is 8.42 Å². The van der Waals surface area contributed by atoms with Gasteiger partial charge in [-0.3, -0.25) is 0 Å². The number of methoxy groups -OCH3 is 1. The lowest BCUT2D eigenvalue weighted by Crippen LogP contribution is -2.25. The smallest absolute Gasteiger partial charge is 0.180 e. The number of benzene rings is 2. The number of ether oxygens (including phenoxy) is 1. The van der Waals surface area contributed by atoms with E-state index in [1.54, 1.807) is 31.3 Å². The number of sulfone groups is 1. The minimum Gasteiger partial charge on any atom is -0.497 e. The summed E-state index contributed by atoms with van der Waals surface area (Å²) in [5.74, 6) is 0.539. The van der Waals surface area contributed by atoms with Gasteiger partial charge in [-0.2, -0.15) is 0 Å². The highest BCUT2D eigenvalue weighted by Gasteiger charge is 2.21. The zero-order valence-corrected chi connectivity index (χ0v) is 12.9. The Balaban J connectivity index is 2.27. The summed E-state index contributed by atoms with van der Waals surface area (Å²) < 4.78 is 30.2. The maximum absolute atomic E-state index is 12.5. The first-order chi connectivity index (χ1) is 10.1. The Morgan fingerprint density at radius 2 is 1.81 bits per heavy atom. The molecule has 21 heavy (non-hydrogen) atoms. The van der Waals surface area contributed by atoms with Gasteiger partial charge in [0.25, 0.3) is 0 Å². The van der Waals surface area contributed by atoms with E-state index < -0.39 is 9.84 Å². The molecule has 0 saturated carbocycles. The van der Waals surface area contributed by atoms with Crippen LogP contribution in [-0.2, 0) is 9.84 Å². The van der Waals surface area contributed by atoms with Crippen molar-refractivity contribution < 1.29 is 13.2 Å². The Kier molecular flexibility index (Phi) is 4.98. The molecule has 0 fully saturated rings. The first-order valence-electron chi connectivity index (χ1n) is 6.66. The van der Waals surface area contributed by atoms with E-state index in [0.29, 0.717) is 5.75 Å². The molecule has 0 radical (unpaired) electrons. The molecule has 1 N–H and O–H groups in total. The average molecular weight is 305 g/mol. The summed E-state index contributed by atoms with van der Waals surface area (Å²) in [6.07, 6.45) is 0. The highest BCUT2D eigenvalue weighted by molar-refractivity contribution is 7.91. The third-order valence-electron chi connectivity index (χ3n) is 3.34. The highest BCUT2D eigenvalue weighted by Crippen LogP contribution is 2.22. The molecule has 0 bridgehead atoms. The van der Waals surface area contributed by atoms with Gasteiger partial charge in [0, 0.05) is 6.04 Å². The van der Waals surface area contributed by atoms with Gasteiger partial charge in [0.05, 0.1) is 17.8 Å². The maximum atomic E-state index is 12.5. The van der Waals surface area contributed by atoms with Crippen LogP contribution in [-0.4, -0.2) is 28.3 Å². The van der Waals surface area contributed by atoms with Crippen LogP contribution in [0.25, 0.3) is 0 Å². The minimum atomic E-state index is -3.39. The van der Waals surface area contributed by atoms with Gasteiger partial charge in [0.15, 0.2) is 9.84 Å². The van der Waals surface area contributed by atoms with Crippen LogP contribution in [0.2, 0.25) is 0 Å². The molecule has 0 aliphatic rings. The Bertz CT molecular complexity index is 684. The van der Waals surface area contributed by atoms with E-state index in [1.165, 1.54) is 7.11 Å². The van der Waals surface area contributed by atoms with Crippen LogP contribution in [0.15, 0.2) is 59.5 Å². The number of nitrogens with one attached hydrogen (secondary N) is 1. The van der Waals surface area contributed by atoms with Crippen LogP contribution in [0, 0.1) is 0 Å². The monoisotopic (exact) mass is 305 g/mol. The second-order valence-corrected chi connectivity index (χ2v) is 6.75. The van der Waals surface area contributed by atoms with E-state index in [9.17, 15) is 8.42 Å². The zero-order chi connectivity index (χ0) is 15.3. The maximum Gasteiger partial charge on any atom is 0.180 e. The van der Waals surface area contributed by atoms with Crippen LogP contribution >= 0.6 is 0 Å². The fraction of sp³-hybridized carbons (Fsp3) is 0.250. The molecule has 0 aliphatic carbocycles. The molecule has 2 rings (SSSR count). The van der Waals surface area contributed by atoms with Crippen LogP contribution < -0.4 is 10.1 Å². The molecule has 0 saturated heterocycles. The largest absolute Gasteiger partial charge is 0.497 e. The van der Waals surface area contributed by atoms with E-state index in [2.05, 4.69) is 5.32 Å². The van der Waals surface area contributed by atoms with Gasteiger partial charge in [-0.1, -0.05) is 36.4 Å². The van der Waals surface area contributed by atoms with Gasteiger partial charge in [-0.15, -0.1) is 0 Å². The van der Waals surface area contributed by atoms with Gasteiger partial charge >= 0.3 is 0 Å². The van der Waals surface area contributed by atoms with Crippen molar-refractivity contribution in [3.8, 4) is 5.75 Å². The van der Waals surface area contributed by atoms with Crippen molar-refractivity contribution in [3.63, 3.8) is 0 Å². The molecule has 2 aromatic carbocycles. The lowest BCUT2D eigenvalue weighted by Gasteiger charge is -2.17. The molecule has 0 aliphatic heterocycles. The van der Waals surface area contributed by atoms with Crippen LogP contribution in [0.5, 0.6) is 5.75 Å². The molecule has 1 atom stereocenters. The third kappa shape index (κ3) is 3.83. The molecule has 0 aromatic heterocycles. The molecule has 5 heteroatoms. The first kappa shape index (κ1) is 15.5. The van der Waals surface area contributed by atoms with E-state index >= 15 is 0 Å². The molecule has 0 heterocycles. The Morgan fingerprint density at radius 1 is 1.10 bits per heavy atom.